The molecule has 0 aliphatic heterocycles. The van der Waals surface area contributed by atoms with Crippen LogP contribution in [0.15, 0.2) is 15.0 Å². The molecule has 0 heterocycles. The van der Waals surface area contributed by atoms with E-state index in [1.165, 1.54) is 6.08 Å². The number of hydrogen-bond acceptors (Lipinski definition) is 1. The summed E-state index contributed by atoms with van der Waals surface area (Å²) in [5.41, 5.74) is 0. The first-order valence-electron chi connectivity index (χ1n) is 2.07. The molecule has 0 radical (unpaired) electrons. The minimum absolute atomic E-state index is 0.155. The number of allylic oxidation sites excluding steroid dienone is 2. The van der Waals surface area contributed by atoms with Gasteiger partial charge in [0.05, 0.1) is 4.48 Å². The highest BCUT2D eigenvalue weighted by Crippen LogP contribution is 2.12. The lowest BCUT2D eigenvalue weighted by molar-refractivity contribution is 0.568. The van der Waals surface area contributed by atoms with Crippen molar-refractivity contribution in [2.75, 3.05) is 0 Å². The molecule has 0 saturated carbocycles. The van der Waals surface area contributed by atoms with Gasteiger partial charge in [0.15, 0.2) is 0 Å². The van der Waals surface area contributed by atoms with Gasteiger partial charge in [-0.3, -0.25) is 0 Å². The van der Waals surface area contributed by atoms with Crippen molar-refractivity contribution in [2.24, 2.45) is 0 Å². The highest BCUT2D eigenvalue weighted by molar-refractivity contribution is 9.12. The second-order valence-electron chi connectivity index (χ2n) is 1.20. The molecule has 0 N–H and O–H groups in total. The van der Waals surface area contributed by atoms with E-state index in [4.69, 9.17) is 23.2 Å². The SMILES string of the molecule is O=C=C(Br)CC=C(Cl)Cl. The van der Waals surface area contributed by atoms with Crippen LogP contribution in [0.2, 0.25) is 0 Å². The van der Waals surface area contributed by atoms with Crippen molar-refractivity contribution in [2.45, 2.75) is 6.42 Å². The van der Waals surface area contributed by atoms with Crippen LogP contribution in [-0.2, 0) is 4.79 Å². The predicted octanol–water partition coefficient (Wildman–Crippen LogP) is 2.81. The van der Waals surface area contributed by atoms with E-state index in [2.05, 4.69) is 15.9 Å². The maximum absolute atomic E-state index is 9.79. The van der Waals surface area contributed by atoms with Gasteiger partial charge < -0.3 is 0 Å². The van der Waals surface area contributed by atoms with Crippen molar-refractivity contribution < 1.29 is 4.79 Å². The van der Waals surface area contributed by atoms with Crippen molar-refractivity contribution in [3.05, 3.63) is 15.0 Å². The zero-order valence-corrected chi connectivity index (χ0v) is 7.42. The molecule has 0 bridgehead atoms. The summed E-state index contributed by atoms with van der Waals surface area (Å²) in [7, 11) is 0. The van der Waals surface area contributed by atoms with Crippen LogP contribution in [0.5, 0.6) is 0 Å². The van der Waals surface area contributed by atoms with Crippen LogP contribution in [-0.4, -0.2) is 5.94 Å². The fourth-order valence-electron chi connectivity index (χ4n) is 0.208. The van der Waals surface area contributed by atoms with Crippen LogP contribution >= 0.6 is 39.1 Å². The second-order valence-corrected chi connectivity index (χ2v) is 3.17. The molecule has 1 nitrogen and oxygen atoms in total. The van der Waals surface area contributed by atoms with Gasteiger partial charge in [0, 0.05) is 6.42 Å². The van der Waals surface area contributed by atoms with E-state index >= 15 is 0 Å². The van der Waals surface area contributed by atoms with E-state index in [-0.39, 0.29) is 4.49 Å². The summed E-state index contributed by atoms with van der Waals surface area (Å²) in [6.45, 7) is 0. The van der Waals surface area contributed by atoms with Gasteiger partial charge in [-0.15, -0.1) is 0 Å². The molecule has 0 saturated heterocycles. The van der Waals surface area contributed by atoms with Gasteiger partial charge in [0.25, 0.3) is 0 Å². The average molecular weight is 230 g/mol. The molecule has 0 aromatic rings. The predicted molar refractivity (Wildman–Crippen MR) is 42.5 cm³/mol. The molecule has 50 valence electrons. The summed E-state index contributed by atoms with van der Waals surface area (Å²) < 4.78 is 0.559. The Balaban J connectivity index is 3.78. The fraction of sp³-hybridized carbons (Fsp3) is 0.200. The van der Waals surface area contributed by atoms with E-state index in [9.17, 15) is 4.79 Å². The smallest absolute Gasteiger partial charge is 0.135 e. The van der Waals surface area contributed by atoms with Crippen LogP contribution in [0.25, 0.3) is 0 Å². The lowest BCUT2D eigenvalue weighted by Crippen LogP contribution is -1.67. The molecule has 0 atom stereocenters. The van der Waals surface area contributed by atoms with Crippen LogP contribution in [0, 0.1) is 0 Å². The van der Waals surface area contributed by atoms with E-state index in [0.717, 1.165) is 0 Å². The topological polar surface area (TPSA) is 17.1 Å². The molecule has 0 rings (SSSR count). The van der Waals surface area contributed by atoms with Crippen LogP contribution < -0.4 is 0 Å². The Kier molecular flexibility index (Phi) is 5.21. The Morgan fingerprint density at radius 3 is 2.56 bits per heavy atom. The first kappa shape index (κ1) is 9.25. The molecule has 0 aliphatic rings. The highest BCUT2D eigenvalue weighted by Gasteiger charge is 1.88. The van der Waals surface area contributed by atoms with E-state index < -0.39 is 0 Å². The number of halogens is 3. The quantitative estimate of drug-likeness (QED) is 0.666. The number of hydrogen-bond donors (Lipinski definition) is 0. The molecular weight excluding hydrogens is 227 g/mol. The van der Waals surface area contributed by atoms with Crippen molar-refractivity contribution >= 4 is 45.1 Å². The van der Waals surface area contributed by atoms with Gasteiger partial charge in [0.2, 0.25) is 0 Å². The Labute approximate surface area is 71.5 Å². The molecular formula is C5H3BrCl2O. The molecule has 0 spiro atoms. The summed E-state index contributed by atoms with van der Waals surface area (Å²) in [5, 5.41) is 0. The fourth-order valence-corrected chi connectivity index (χ4v) is 0.525. The standard InChI is InChI=1S/C5H3BrCl2O/c6-4(3-9)1-2-5(7)8/h2H,1H2. The summed E-state index contributed by atoms with van der Waals surface area (Å²) in [6.07, 6.45) is 1.89. The molecule has 0 aromatic carbocycles. The van der Waals surface area contributed by atoms with Crippen LogP contribution in [0.3, 0.4) is 0 Å². The summed E-state index contributed by atoms with van der Waals surface area (Å²) in [6, 6.07) is 0. The van der Waals surface area contributed by atoms with E-state index in [1.807, 2.05) is 0 Å². The van der Waals surface area contributed by atoms with Gasteiger partial charge in [-0.05, 0) is 22.0 Å². The second kappa shape index (κ2) is 5.07. The molecule has 0 aliphatic carbocycles. The monoisotopic (exact) mass is 228 g/mol. The van der Waals surface area contributed by atoms with Crippen molar-refractivity contribution in [1.82, 2.24) is 0 Å². The minimum Gasteiger partial charge on any atom is -0.233 e. The van der Waals surface area contributed by atoms with Gasteiger partial charge in [-0.1, -0.05) is 23.2 Å². The zero-order valence-electron chi connectivity index (χ0n) is 4.33. The third-order valence-electron chi connectivity index (χ3n) is 0.546. The zero-order chi connectivity index (χ0) is 7.28. The van der Waals surface area contributed by atoms with Gasteiger partial charge >= 0.3 is 0 Å². The maximum Gasteiger partial charge on any atom is 0.135 e. The molecule has 0 fully saturated rings. The van der Waals surface area contributed by atoms with Crippen molar-refractivity contribution in [1.29, 1.82) is 0 Å². The third-order valence-corrected chi connectivity index (χ3v) is 1.34. The van der Waals surface area contributed by atoms with E-state index in [1.54, 1.807) is 5.94 Å². The highest BCUT2D eigenvalue weighted by atomic mass is 79.9. The van der Waals surface area contributed by atoms with Crippen LogP contribution in [0.1, 0.15) is 6.42 Å². The summed E-state index contributed by atoms with van der Waals surface area (Å²) in [5.74, 6) is 1.64. The maximum atomic E-state index is 9.79. The first-order chi connectivity index (χ1) is 4.16. The lowest BCUT2D eigenvalue weighted by atomic mass is 10.4. The van der Waals surface area contributed by atoms with Gasteiger partial charge in [0.1, 0.15) is 10.4 Å². The normalized spacial score (nSPS) is 7.89. The molecule has 4 heteroatoms. The first-order valence-corrected chi connectivity index (χ1v) is 3.62. The van der Waals surface area contributed by atoms with Gasteiger partial charge in [-0.25, -0.2) is 4.79 Å². The Bertz CT molecular complexity index is 166. The van der Waals surface area contributed by atoms with Crippen LogP contribution in [0.4, 0.5) is 0 Å². The van der Waals surface area contributed by atoms with Crippen molar-refractivity contribution in [3.8, 4) is 0 Å². The largest absolute Gasteiger partial charge is 0.233 e. The van der Waals surface area contributed by atoms with E-state index in [0.29, 0.717) is 10.9 Å². The average Bonchev–Trinajstić information content (AvgIpc) is 1.83. The minimum atomic E-state index is 0.155. The molecule has 0 amide bonds. The third kappa shape index (κ3) is 6.13. The Hall–Kier alpha value is 0.250. The Morgan fingerprint density at radius 2 is 2.22 bits per heavy atom. The van der Waals surface area contributed by atoms with Crippen molar-refractivity contribution in [3.63, 3.8) is 0 Å². The lowest BCUT2D eigenvalue weighted by Gasteiger charge is -1.82. The number of rotatable bonds is 2. The summed E-state index contributed by atoms with van der Waals surface area (Å²) >= 11 is 13.4. The number of carbonyl (C=O) groups excluding carboxylic acids is 1. The Morgan fingerprint density at radius 1 is 1.67 bits per heavy atom. The molecule has 0 aromatic heterocycles. The molecule has 9 heavy (non-hydrogen) atoms. The molecule has 0 unspecified atom stereocenters. The summed E-state index contributed by atoms with van der Waals surface area (Å²) in [4.78, 5) is 9.79. The van der Waals surface area contributed by atoms with Gasteiger partial charge in [-0.2, -0.15) is 0 Å².